The predicted octanol–water partition coefficient (Wildman–Crippen LogP) is 2.78. The van der Waals surface area contributed by atoms with Crippen LogP contribution in [0.5, 0.6) is 0 Å². The van der Waals surface area contributed by atoms with E-state index in [0.717, 1.165) is 15.6 Å². The minimum absolute atomic E-state index is 0.0335. The third-order valence-electron chi connectivity index (χ3n) is 3.55. The van der Waals surface area contributed by atoms with Gasteiger partial charge in [-0.3, -0.25) is 4.79 Å². The molecule has 122 valence electrons. The average molecular weight is 369 g/mol. The van der Waals surface area contributed by atoms with Crippen LogP contribution in [0.4, 0.5) is 0 Å². The maximum atomic E-state index is 12.2. The molecule has 1 unspecified atom stereocenters. The van der Waals surface area contributed by atoms with Gasteiger partial charge in [-0.25, -0.2) is 13.4 Å². The van der Waals surface area contributed by atoms with Crippen LogP contribution in [0.3, 0.4) is 0 Å². The lowest BCUT2D eigenvalue weighted by Crippen LogP contribution is -2.28. The summed E-state index contributed by atoms with van der Waals surface area (Å²) in [5.41, 5.74) is 0.851. The average Bonchev–Trinajstić information content (AvgIpc) is 3.19. The highest BCUT2D eigenvalue weighted by atomic mass is 32.2. The number of allylic oxidation sites excluding steroid dienone is 1. The number of hydrogen-bond donors (Lipinski definition) is 0. The quantitative estimate of drug-likeness (QED) is 0.814. The van der Waals surface area contributed by atoms with E-state index in [4.69, 9.17) is 0 Å². The number of carbonyl (C=O) groups excluding carboxylic acids is 1. The van der Waals surface area contributed by atoms with Gasteiger partial charge in [0.15, 0.2) is 9.84 Å². The normalized spacial score (nSPS) is 19.1. The molecule has 0 radical (unpaired) electrons. The molecule has 2 aromatic heterocycles. The van der Waals surface area contributed by atoms with Crippen molar-refractivity contribution < 1.29 is 13.2 Å². The fraction of sp³-hybridized carbons (Fsp3) is 0.333. The maximum absolute atomic E-state index is 12.2. The van der Waals surface area contributed by atoms with Crippen LogP contribution < -0.4 is 0 Å². The van der Waals surface area contributed by atoms with Crippen molar-refractivity contribution in [3.63, 3.8) is 0 Å². The van der Waals surface area contributed by atoms with E-state index in [9.17, 15) is 13.2 Å². The van der Waals surface area contributed by atoms with E-state index in [1.165, 1.54) is 5.41 Å². The summed E-state index contributed by atoms with van der Waals surface area (Å²) in [7, 11) is -1.39. The minimum Gasteiger partial charge on any atom is -0.340 e. The largest absolute Gasteiger partial charge is 0.340 e. The predicted molar refractivity (Wildman–Crippen MR) is 92.9 cm³/mol. The van der Waals surface area contributed by atoms with Gasteiger partial charge in [0, 0.05) is 30.2 Å². The zero-order chi connectivity index (χ0) is 16.4. The fourth-order valence-corrected chi connectivity index (χ4v) is 5.40. The molecule has 23 heavy (non-hydrogen) atoms. The van der Waals surface area contributed by atoms with Gasteiger partial charge in [-0.15, -0.1) is 22.7 Å². The molecule has 1 atom stereocenters. The summed E-state index contributed by atoms with van der Waals surface area (Å²) < 4.78 is 22.8. The molecule has 0 saturated heterocycles. The Hall–Kier alpha value is -1.51. The molecular formula is C15H16N2O3S3. The Morgan fingerprint density at radius 3 is 2.91 bits per heavy atom. The summed E-state index contributed by atoms with van der Waals surface area (Å²) in [6.45, 7) is 0.434. The Morgan fingerprint density at radius 2 is 2.26 bits per heavy atom. The molecule has 3 heterocycles. The number of nitrogens with zero attached hydrogens (tertiary/aromatic N) is 2. The number of amides is 1. The fourth-order valence-electron chi connectivity index (χ4n) is 2.37. The molecule has 1 aliphatic rings. The first kappa shape index (κ1) is 16.4. The molecule has 0 saturated carbocycles. The molecule has 0 fully saturated rings. The highest BCUT2D eigenvalue weighted by Crippen LogP contribution is 2.28. The van der Waals surface area contributed by atoms with Crippen molar-refractivity contribution in [1.82, 2.24) is 9.88 Å². The highest BCUT2D eigenvalue weighted by molar-refractivity contribution is 7.94. The van der Waals surface area contributed by atoms with Crippen LogP contribution in [0.25, 0.3) is 9.88 Å². The van der Waals surface area contributed by atoms with Crippen LogP contribution in [0.1, 0.15) is 12.1 Å². The zero-order valence-electron chi connectivity index (χ0n) is 12.5. The Labute approximate surface area is 143 Å². The van der Waals surface area contributed by atoms with E-state index in [1.54, 1.807) is 40.7 Å². The Morgan fingerprint density at radius 1 is 1.43 bits per heavy atom. The first-order valence-electron chi connectivity index (χ1n) is 7.06. The van der Waals surface area contributed by atoms with E-state index in [1.807, 2.05) is 22.9 Å². The molecule has 0 aromatic carbocycles. The van der Waals surface area contributed by atoms with E-state index in [0.29, 0.717) is 6.54 Å². The van der Waals surface area contributed by atoms with E-state index in [-0.39, 0.29) is 24.0 Å². The second-order valence-corrected chi connectivity index (χ2v) is 9.23. The van der Waals surface area contributed by atoms with Gasteiger partial charge in [-0.05, 0) is 11.4 Å². The molecular weight excluding hydrogens is 352 g/mol. The number of thiophene rings is 1. The monoisotopic (exact) mass is 368 g/mol. The van der Waals surface area contributed by atoms with Crippen LogP contribution in [0, 0.1) is 5.92 Å². The first-order valence-corrected chi connectivity index (χ1v) is 10.5. The van der Waals surface area contributed by atoms with Crippen LogP contribution in [-0.4, -0.2) is 37.0 Å². The van der Waals surface area contributed by atoms with Gasteiger partial charge in [-0.1, -0.05) is 12.1 Å². The number of sulfone groups is 1. The van der Waals surface area contributed by atoms with Gasteiger partial charge in [-0.2, -0.15) is 0 Å². The molecule has 1 amide bonds. The van der Waals surface area contributed by atoms with E-state index < -0.39 is 9.84 Å². The topological polar surface area (TPSA) is 67.3 Å². The summed E-state index contributed by atoms with van der Waals surface area (Å²) in [5, 5.41) is 6.13. The van der Waals surface area contributed by atoms with Gasteiger partial charge < -0.3 is 4.90 Å². The second-order valence-electron chi connectivity index (χ2n) is 5.49. The second kappa shape index (κ2) is 6.54. The Balaban J connectivity index is 1.58. The lowest BCUT2D eigenvalue weighted by molar-refractivity contribution is -0.131. The molecule has 0 aliphatic carbocycles. The SMILES string of the molecule is CN(Cc1csc(-c2cccs2)n1)C(=O)CC1C=CS(=O)(=O)C1. The summed E-state index contributed by atoms with van der Waals surface area (Å²) in [4.78, 5) is 19.5. The standard InChI is InChI=1S/C15H16N2O3S3/c1-17(14(18)7-11-4-6-23(19,20)10-11)8-12-9-22-15(16-12)13-3-2-5-21-13/h2-6,9,11H,7-8,10H2,1H3. The van der Waals surface area contributed by atoms with Gasteiger partial charge in [0.1, 0.15) is 5.01 Å². The molecule has 8 heteroatoms. The molecule has 0 spiro atoms. The van der Waals surface area contributed by atoms with Crippen LogP contribution in [-0.2, 0) is 21.2 Å². The van der Waals surface area contributed by atoms with Gasteiger partial charge >= 0.3 is 0 Å². The molecule has 5 nitrogen and oxygen atoms in total. The molecule has 3 rings (SSSR count). The Bertz CT molecular complexity index is 822. The van der Waals surface area contributed by atoms with Crippen molar-refractivity contribution in [2.45, 2.75) is 13.0 Å². The number of rotatable bonds is 5. The van der Waals surface area contributed by atoms with E-state index in [2.05, 4.69) is 4.98 Å². The number of aromatic nitrogens is 1. The maximum Gasteiger partial charge on any atom is 0.223 e. The van der Waals surface area contributed by atoms with E-state index >= 15 is 0 Å². The molecule has 1 aliphatic heterocycles. The summed E-state index contributed by atoms with van der Waals surface area (Å²) in [6.07, 6.45) is 1.83. The highest BCUT2D eigenvalue weighted by Gasteiger charge is 2.25. The smallest absolute Gasteiger partial charge is 0.223 e. The third kappa shape index (κ3) is 4.07. The van der Waals surface area contributed by atoms with Gasteiger partial charge in [0.05, 0.1) is 22.9 Å². The summed E-state index contributed by atoms with van der Waals surface area (Å²) in [5.74, 6) is -0.249. The number of carbonyl (C=O) groups is 1. The molecule has 0 bridgehead atoms. The number of hydrogen-bond acceptors (Lipinski definition) is 6. The molecule has 2 aromatic rings. The van der Waals surface area contributed by atoms with Gasteiger partial charge in [0.25, 0.3) is 0 Å². The lowest BCUT2D eigenvalue weighted by atomic mass is 10.1. The van der Waals surface area contributed by atoms with Crippen molar-refractivity contribution in [3.8, 4) is 9.88 Å². The minimum atomic E-state index is -3.11. The van der Waals surface area contributed by atoms with Crippen molar-refractivity contribution >= 4 is 38.4 Å². The molecule has 0 N–H and O–H groups in total. The number of thiazole rings is 1. The lowest BCUT2D eigenvalue weighted by Gasteiger charge is -2.17. The van der Waals surface area contributed by atoms with Crippen molar-refractivity contribution in [3.05, 3.63) is 40.1 Å². The zero-order valence-corrected chi connectivity index (χ0v) is 15.0. The van der Waals surface area contributed by atoms with Crippen LogP contribution in [0.15, 0.2) is 34.4 Å². The van der Waals surface area contributed by atoms with Gasteiger partial charge in [0.2, 0.25) is 5.91 Å². The van der Waals surface area contributed by atoms with Crippen LogP contribution in [0.2, 0.25) is 0 Å². The van der Waals surface area contributed by atoms with Crippen molar-refractivity contribution in [1.29, 1.82) is 0 Å². The third-order valence-corrected chi connectivity index (χ3v) is 6.94. The van der Waals surface area contributed by atoms with Crippen molar-refractivity contribution in [2.24, 2.45) is 5.92 Å². The van der Waals surface area contributed by atoms with Crippen molar-refractivity contribution in [2.75, 3.05) is 12.8 Å². The Kier molecular flexibility index (Phi) is 4.65. The first-order chi connectivity index (χ1) is 10.9. The summed E-state index contributed by atoms with van der Waals surface area (Å²) >= 11 is 3.20. The van der Waals surface area contributed by atoms with Crippen LogP contribution >= 0.6 is 22.7 Å². The summed E-state index contributed by atoms with van der Waals surface area (Å²) in [6, 6.07) is 4.01.